The van der Waals surface area contributed by atoms with Gasteiger partial charge in [0.1, 0.15) is 11.5 Å². The molecule has 0 fully saturated rings. The molecule has 1 heterocycles. The number of nitro benzene ring substituents is 1. The number of nitrogens with zero attached hydrogens (tertiary/aromatic N) is 3. The van der Waals surface area contributed by atoms with Crippen LogP contribution in [0.1, 0.15) is 22.3 Å². The van der Waals surface area contributed by atoms with E-state index in [0.717, 1.165) is 11.1 Å². The van der Waals surface area contributed by atoms with Crippen LogP contribution in [-0.4, -0.2) is 16.7 Å². The van der Waals surface area contributed by atoms with Gasteiger partial charge >= 0.3 is 0 Å². The molecule has 3 aromatic carbocycles. The van der Waals surface area contributed by atoms with E-state index >= 15 is 0 Å². The summed E-state index contributed by atoms with van der Waals surface area (Å²) in [6.07, 6.45) is 1.56. The normalized spacial score (nSPS) is 14.8. The second-order valence-electron chi connectivity index (χ2n) is 7.31. The molecule has 1 aliphatic rings. The number of carbonyl (C=O) groups excluding carboxylic acids is 1. The van der Waals surface area contributed by atoms with Crippen molar-refractivity contribution in [2.45, 2.75) is 13.8 Å². The maximum atomic E-state index is 13.4. The molecule has 0 bridgehead atoms. The van der Waals surface area contributed by atoms with Gasteiger partial charge in [0.15, 0.2) is 0 Å². The van der Waals surface area contributed by atoms with Crippen LogP contribution in [0.25, 0.3) is 6.08 Å². The lowest BCUT2D eigenvalue weighted by Crippen LogP contribution is -2.32. The highest BCUT2D eigenvalue weighted by Crippen LogP contribution is 2.30. The first-order valence-electron chi connectivity index (χ1n) is 9.55. The van der Waals surface area contributed by atoms with E-state index in [-0.39, 0.29) is 17.3 Å². The lowest BCUT2D eigenvalue weighted by molar-refractivity contribution is -0.384. The van der Waals surface area contributed by atoms with Gasteiger partial charge in [-0.2, -0.15) is 0 Å². The molecule has 0 N–H and O–H groups in total. The van der Waals surface area contributed by atoms with Crippen molar-refractivity contribution in [3.8, 4) is 0 Å². The minimum absolute atomic E-state index is 0.0509. The molecule has 154 valence electrons. The Morgan fingerprint density at radius 3 is 2.39 bits per heavy atom. The van der Waals surface area contributed by atoms with E-state index in [4.69, 9.17) is 11.6 Å². The summed E-state index contributed by atoms with van der Waals surface area (Å²) in [6, 6.07) is 19.1. The van der Waals surface area contributed by atoms with Gasteiger partial charge in [0.2, 0.25) is 0 Å². The molecule has 0 saturated carbocycles. The zero-order valence-corrected chi connectivity index (χ0v) is 17.6. The van der Waals surface area contributed by atoms with Crippen LogP contribution in [0.15, 0.2) is 77.4 Å². The number of benzene rings is 3. The summed E-state index contributed by atoms with van der Waals surface area (Å²) in [4.78, 5) is 30.2. The summed E-state index contributed by atoms with van der Waals surface area (Å²) >= 11 is 6.18. The molecule has 31 heavy (non-hydrogen) atoms. The third kappa shape index (κ3) is 4.25. The van der Waals surface area contributed by atoms with Crippen molar-refractivity contribution in [3.63, 3.8) is 0 Å². The van der Waals surface area contributed by atoms with Crippen LogP contribution in [-0.2, 0) is 4.79 Å². The Labute approximate surface area is 184 Å². The number of hydrogen-bond donors (Lipinski definition) is 0. The zero-order chi connectivity index (χ0) is 22.1. The first-order valence-corrected chi connectivity index (χ1v) is 9.93. The maximum absolute atomic E-state index is 13.4. The van der Waals surface area contributed by atoms with E-state index in [0.29, 0.717) is 27.7 Å². The number of rotatable bonds is 4. The predicted molar refractivity (Wildman–Crippen MR) is 122 cm³/mol. The molecule has 0 aromatic heterocycles. The van der Waals surface area contributed by atoms with Crippen molar-refractivity contribution >= 4 is 40.8 Å². The van der Waals surface area contributed by atoms with E-state index in [1.54, 1.807) is 41.3 Å². The van der Waals surface area contributed by atoms with Crippen molar-refractivity contribution in [1.29, 1.82) is 0 Å². The smallest absolute Gasteiger partial charge is 0.266 e. The molecule has 0 radical (unpaired) electrons. The molecule has 0 atom stereocenters. The summed E-state index contributed by atoms with van der Waals surface area (Å²) in [6.45, 7) is 3.93. The topological polar surface area (TPSA) is 75.8 Å². The lowest BCUT2D eigenvalue weighted by atomic mass is 10.1. The van der Waals surface area contributed by atoms with Crippen LogP contribution < -0.4 is 4.90 Å². The minimum atomic E-state index is -0.471. The number of nitro groups is 1. The average molecular weight is 432 g/mol. The molecule has 0 spiro atoms. The number of amidine groups is 1. The van der Waals surface area contributed by atoms with Gasteiger partial charge in [-0.1, -0.05) is 41.9 Å². The van der Waals surface area contributed by atoms with Gasteiger partial charge in [0.05, 0.1) is 10.6 Å². The number of anilines is 1. The fourth-order valence-electron chi connectivity index (χ4n) is 3.54. The number of aliphatic imine (C=N–C) groups is 1. The molecule has 0 saturated heterocycles. The number of hydrogen-bond acceptors (Lipinski definition) is 4. The van der Waals surface area contributed by atoms with Gasteiger partial charge in [-0.15, -0.1) is 0 Å². The van der Waals surface area contributed by atoms with Crippen LogP contribution >= 0.6 is 11.6 Å². The van der Waals surface area contributed by atoms with Crippen LogP contribution in [0.5, 0.6) is 0 Å². The van der Waals surface area contributed by atoms with Gasteiger partial charge in [-0.05, 0) is 60.9 Å². The highest BCUT2D eigenvalue weighted by atomic mass is 35.5. The second kappa shape index (κ2) is 8.16. The molecular formula is C24H18ClN3O3. The van der Waals surface area contributed by atoms with Crippen molar-refractivity contribution in [3.05, 3.63) is 110 Å². The van der Waals surface area contributed by atoms with E-state index in [9.17, 15) is 14.9 Å². The number of halogens is 1. The predicted octanol–water partition coefficient (Wildman–Crippen LogP) is 5.70. The van der Waals surface area contributed by atoms with Gasteiger partial charge in [-0.25, -0.2) is 4.99 Å². The summed E-state index contributed by atoms with van der Waals surface area (Å²) < 4.78 is 0. The van der Waals surface area contributed by atoms with Crippen molar-refractivity contribution in [2.75, 3.05) is 4.90 Å². The Balaban J connectivity index is 1.86. The Kier molecular flexibility index (Phi) is 5.40. The van der Waals surface area contributed by atoms with Gasteiger partial charge in [-0.3, -0.25) is 19.8 Å². The van der Waals surface area contributed by atoms with E-state index in [1.807, 2.05) is 38.1 Å². The van der Waals surface area contributed by atoms with Crippen molar-refractivity contribution < 1.29 is 9.72 Å². The Bertz CT molecular complexity index is 1260. The van der Waals surface area contributed by atoms with Crippen LogP contribution in [0.4, 0.5) is 11.4 Å². The zero-order valence-electron chi connectivity index (χ0n) is 16.9. The molecule has 4 rings (SSSR count). The number of aryl methyl sites for hydroxylation is 2. The second-order valence-corrected chi connectivity index (χ2v) is 7.75. The first kappa shape index (κ1) is 20.5. The highest BCUT2D eigenvalue weighted by Gasteiger charge is 2.33. The lowest BCUT2D eigenvalue weighted by Gasteiger charge is -2.20. The number of non-ortho nitro benzene ring substituents is 1. The van der Waals surface area contributed by atoms with E-state index in [1.165, 1.54) is 12.1 Å². The standard InChI is InChI=1S/C24H18ClN3O3/c1-15-9-16(2)11-21(10-15)27-23(18-6-4-7-19(25)14-18)26-22(24(27)29)13-17-5-3-8-20(12-17)28(30)31/h3-14H,1-2H3. The highest BCUT2D eigenvalue weighted by molar-refractivity contribution is 6.35. The first-order chi connectivity index (χ1) is 14.8. The number of amides is 1. The van der Waals surface area contributed by atoms with Crippen molar-refractivity contribution in [2.24, 2.45) is 4.99 Å². The third-order valence-corrected chi connectivity index (χ3v) is 5.03. The molecular weight excluding hydrogens is 414 g/mol. The summed E-state index contributed by atoms with van der Waals surface area (Å²) in [5.41, 5.74) is 4.09. The summed E-state index contributed by atoms with van der Waals surface area (Å²) in [7, 11) is 0. The molecule has 0 unspecified atom stereocenters. The average Bonchev–Trinajstić information content (AvgIpc) is 3.03. The van der Waals surface area contributed by atoms with Gasteiger partial charge in [0, 0.05) is 22.7 Å². The van der Waals surface area contributed by atoms with Gasteiger partial charge in [0.25, 0.3) is 11.6 Å². The molecule has 7 heteroatoms. The maximum Gasteiger partial charge on any atom is 0.282 e. The van der Waals surface area contributed by atoms with Crippen molar-refractivity contribution in [1.82, 2.24) is 0 Å². The Hall–Kier alpha value is -3.77. The minimum Gasteiger partial charge on any atom is -0.266 e. The van der Waals surface area contributed by atoms with E-state index in [2.05, 4.69) is 4.99 Å². The Morgan fingerprint density at radius 2 is 1.71 bits per heavy atom. The van der Waals surface area contributed by atoms with E-state index < -0.39 is 4.92 Å². The molecule has 0 aliphatic carbocycles. The van der Waals surface area contributed by atoms with Gasteiger partial charge < -0.3 is 0 Å². The quantitative estimate of drug-likeness (QED) is 0.302. The SMILES string of the molecule is Cc1cc(C)cc(N2C(=O)C(=Cc3cccc([N+](=O)[O-])c3)N=C2c2cccc(Cl)c2)c1. The summed E-state index contributed by atoms with van der Waals surface area (Å²) in [5.74, 6) is 0.140. The molecule has 3 aromatic rings. The molecule has 6 nitrogen and oxygen atoms in total. The largest absolute Gasteiger partial charge is 0.282 e. The monoisotopic (exact) mass is 431 g/mol. The third-order valence-electron chi connectivity index (χ3n) is 4.79. The Morgan fingerprint density at radius 1 is 1.00 bits per heavy atom. The number of carbonyl (C=O) groups is 1. The summed E-state index contributed by atoms with van der Waals surface area (Å²) in [5, 5.41) is 11.6. The molecule has 1 aliphatic heterocycles. The molecule has 1 amide bonds. The van der Waals surface area contributed by atoms with Crippen LogP contribution in [0.2, 0.25) is 5.02 Å². The fourth-order valence-corrected chi connectivity index (χ4v) is 3.73. The fraction of sp³-hybridized carbons (Fsp3) is 0.0833. The van der Waals surface area contributed by atoms with Crippen LogP contribution in [0, 0.1) is 24.0 Å². The van der Waals surface area contributed by atoms with Crippen LogP contribution in [0.3, 0.4) is 0 Å².